The van der Waals surface area contributed by atoms with Gasteiger partial charge < -0.3 is 15.7 Å². The molecule has 1 aliphatic heterocycles. The zero-order valence-corrected chi connectivity index (χ0v) is 14.4. The Morgan fingerprint density at radius 2 is 2.05 bits per heavy atom. The summed E-state index contributed by atoms with van der Waals surface area (Å²) in [6.07, 6.45) is -1.58. The molecule has 0 saturated heterocycles. The monoisotopic (exact) mass is 337 g/mol. The van der Waals surface area contributed by atoms with Gasteiger partial charge in [0.2, 0.25) is 0 Å². The summed E-state index contributed by atoms with van der Waals surface area (Å²) in [5, 5.41) is 14.8. The van der Waals surface area contributed by atoms with Crippen molar-refractivity contribution in [3.63, 3.8) is 0 Å². The second-order valence-corrected chi connectivity index (χ2v) is 5.88. The highest BCUT2D eigenvalue weighted by atomic mass is 35.5. The molecule has 0 bridgehead atoms. The second-order valence-electron chi connectivity index (χ2n) is 4.67. The van der Waals surface area contributed by atoms with Gasteiger partial charge in [-0.1, -0.05) is 25.4 Å². The molecule has 2 heterocycles. The van der Waals surface area contributed by atoms with Crippen molar-refractivity contribution in [2.24, 2.45) is 10.7 Å². The number of hydrogen-bond donors (Lipinski definition) is 2. The summed E-state index contributed by atoms with van der Waals surface area (Å²) in [5.41, 5.74) is 9.46. The van der Waals surface area contributed by atoms with E-state index in [4.69, 9.17) is 17.3 Å². The van der Waals surface area contributed by atoms with Crippen LogP contribution < -0.4 is 10.6 Å². The molecular formula is C16H20ClN3OS. The van der Waals surface area contributed by atoms with Gasteiger partial charge in [0.05, 0.1) is 5.71 Å². The van der Waals surface area contributed by atoms with Crippen LogP contribution in [0.5, 0.6) is 0 Å². The fraction of sp³-hybridized carbons (Fsp3) is 0.312. The molecule has 1 aliphatic rings. The van der Waals surface area contributed by atoms with Gasteiger partial charge in [-0.3, -0.25) is 4.99 Å². The van der Waals surface area contributed by atoms with E-state index < -0.39 is 12.4 Å². The van der Waals surface area contributed by atoms with Crippen molar-refractivity contribution in [2.45, 2.75) is 26.2 Å². The first-order chi connectivity index (χ1) is 10.6. The van der Waals surface area contributed by atoms with Crippen LogP contribution in [0.1, 0.15) is 25.0 Å². The lowest BCUT2D eigenvalue weighted by atomic mass is 10.0. The number of hydrogen-bond acceptors (Lipinski definition) is 5. The van der Waals surface area contributed by atoms with Gasteiger partial charge in [0.25, 0.3) is 0 Å². The summed E-state index contributed by atoms with van der Waals surface area (Å²) >= 11 is 7.70. The summed E-state index contributed by atoms with van der Waals surface area (Å²) in [7, 11) is 1.79. The molecule has 2 aromatic rings. The number of fused-ring (bicyclic) bond motifs is 1. The smallest absolute Gasteiger partial charge is 0.162 e. The molecule has 2 atom stereocenters. The molecule has 0 amide bonds. The fourth-order valence-electron chi connectivity index (χ4n) is 2.29. The average Bonchev–Trinajstić information content (AvgIpc) is 3.04. The van der Waals surface area contributed by atoms with E-state index in [0.29, 0.717) is 5.02 Å². The number of benzodiazepines with no additional fused rings is 1. The van der Waals surface area contributed by atoms with E-state index in [1.807, 2.05) is 42.8 Å². The number of aliphatic imine (C=N–C) groups is 1. The highest BCUT2D eigenvalue weighted by molar-refractivity contribution is 7.08. The predicted octanol–water partition coefficient (Wildman–Crippen LogP) is 3.32. The third kappa shape index (κ3) is 3.17. The molecule has 4 nitrogen and oxygen atoms in total. The Balaban J connectivity index is 0.000000847. The molecule has 3 rings (SSSR count). The van der Waals surface area contributed by atoms with Crippen LogP contribution in [0.3, 0.4) is 0 Å². The number of rotatable bonds is 1. The minimum atomic E-state index is -0.869. The normalized spacial score (nSPS) is 20.5. The van der Waals surface area contributed by atoms with Crippen molar-refractivity contribution in [2.75, 3.05) is 11.9 Å². The highest BCUT2D eigenvalue weighted by Gasteiger charge is 2.28. The molecule has 0 saturated carbocycles. The standard InChI is InChI=1S/C14H14ClN3OS.C2H6/c1-18-11-3-2-9(15)6-10(11)12(8-4-5-20-7-8)17-13(16)14(18)19;1-2/h2-7,13-14,19H,16H2,1H3;1-2H3. The average molecular weight is 338 g/mol. The van der Waals surface area contributed by atoms with Crippen LogP contribution in [0.2, 0.25) is 5.02 Å². The topological polar surface area (TPSA) is 61.8 Å². The number of nitrogens with zero attached hydrogens (tertiary/aromatic N) is 2. The molecule has 0 aliphatic carbocycles. The first-order valence-corrected chi connectivity index (χ1v) is 8.47. The van der Waals surface area contributed by atoms with Crippen molar-refractivity contribution in [3.8, 4) is 0 Å². The molecule has 0 spiro atoms. The SMILES string of the molecule is CC.CN1c2ccc(Cl)cc2C(c2ccsc2)=NC(N)C1O. The lowest BCUT2D eigenvalue weighted by Gasteiger charge is -2.27. The summed E-state index contributed by atoms with van der Waals surface area (Å²) in [5.74, 6) is 0. The number of thiophene rings is 1. The maximum Gasteiger partial charge on any atom is 0.162 e. The molecule has 0 radical (unpaired) electrons. The number of anilines is 1. The van der Waals surface area contributed by atoms with Gasteiger partial charge >= 0.3 is 0 Å². The molecule has 0 fully saturated rings. The fourth-order valence-corrected chi connectivity index (χ4v) is 3.10. The molecule has 3 N–H and O–H groups in total. The number of halogens is 1. The molecule has 1 aromatic heterocycles. The van der Waals surface area contributed by atoms with Crippen LogP contribution in [0.25, 0.3) is 0 Å². The zero-order valence-electron chi connectivity index (χ0n) is 12.8. The molecule has 118 valence electrons. The van der Waals surface area contributed by atoms with E-state index in [1.165, 1.54) is 0 Å². The number of likely N-dealkylation sites (N-methyl/N-ethyl adjacent to an activating group) is 1. The Labute approximate surface area is 139 Å². The Hall–Kier alpha value is -1.40. The molecule has 1 aromatic carbocycles. The molecule has 2 unspecified atom stereocenters. The van der Waals surface area contributed by atoms with E-state index in [9.17, 15) is 5.11 Å². The third-order valence-corrected chi connectivity index (χ3v) is 4.29. The van der Waals surface area contributed by atoms with E-state index in [2.05, 4.69) is 4.99 Å². The quantitative estimate of drug-likeness (QED) is 0.839. The lowest BCUT2D eigenvalue weighted by Crippen LogP contribution is -2.44. The molecular weight excluding hydrogens is 318 g/mol. The minimum Gasteiger partial charge on any atom is -0.370 e. The van der Waals surface area contributed by atoms with Crippen molar-refractivity contribution in [3.05, 3.63) is 51.2 Å². The summed E-state index contributed by atoms with van der Waals surface area (Å²) < 4.78 is 0. The zero-order chi connectivity index (χ0) is 16.3. The van der Waals surface area contributed by atoms with E-state index >= 15 is 0 Å². The molecule has 6 heteroatoms. The van der Waals surface area contributed by atoms with Crippen molar-refractivity contribution in [1.29, 1.82) is 0 Å². The number of aliphatic hydroxyl groups is 1. The first-order valence-electron chi connectivity index (χ1n) is 7.14. The Morgan fingerprint density at radius 3 is 2.68 bits per heavy atom. The third-order valence-electron chi connectivity index (χ3n) is 3.37. The van der Waals surface area contributed by atoms with Crippen LogP contribution >= 0.6 is 22.9 Å². The van der Waals surface area contributed by atoms with Gasteiger partial charge in [0, 0.05) is 34.3 Å². The first kappa shape index (κ1) is 17.0. The minimum absolute atomic E-state index is 0.630. The largest absolute Gasteiger partial charge is 0.370 e. The number of nitrogens with two attached hydrogens (primary N) is 1. The summed E-state index contributed by atoms with van der Waals surface area (Å²) in [6, 6.07) is 7.51. The van der Waals surface area contributed by atoms with E-state index in [-0.39, 0.29) is 0 Å². The predicted molar refractivity (Wildman–Crippen MR) is 95.1 cm³/mol. The van der Waals surface area contributed by atoms with Crippen LogP contribution in [0, 0.1) is 0 Å². The molecule has 22 heavy (non-hydrogen) atoms. The van der Waals surface area contributed by atoms with Crippen LogP contribution in [-0.2, 0) is 0 Å². The van der Waals surface area contributed by atoms with Crippen LogP contribution in [-0.4, -0.2) is 30.3 Å². The second kappa shape index (κ2) is 7.24. The van der Waals surface area contributed by atoms with E-state index in [0.717, 1.165) is 22.5 Å². The maximum atomic E-state index is 10.2. The van der Waals surface area contributed by atoms with Crippen molar-refractivity contribution >= 4 is 34.3 Å². The lowest BCUT2D eigenvalue weighted by molar-refractivity contribution is 0.149. The van der Waals surface area contributed by atoms with Crippen LogP contribution in [0.15, 0.2) is 40.0 Å². The summed E-state index contributed by atoms with van der Waals surface area (Å²) in [6.45, 7) is 4.00. The van der Waals surface area contributed by atoms with Crippen molar-refractivity contribution in [1.82, 2.24) is 0 Å². The van der Waals surface area contributed by atoms with E-state index in [1.54, 1.807) is 29.4 Å². The van der Waals surface area contributed by atoms with Crippen molar-refractivity contribution < 1.29 is 5.11 Å². The Morgan fingerprint density at radius 1 is 1.32 bits per heavy atom. The maximum absolute atomic E-state index is 10.2. The van der Waals surface area contributed by atoms with Gasteiger partial charge in [0.1, 0.15) is 6.17 Å². The highest BCUT2D eigenvalue weighted by Crippen LogP contribution is 2.31. The van der Waals surface area contributed by atoms with Crippen LogP contribution in [0.4, 0.5) is 5.69 Å². The number of aliphatic hydroxyl groups excluding tert-OH is 1. The van der Waals surface area contributed by atoms with Gasteiger partial charge in [-0.2, -0.15) is 11.3 Å². The van der Waals surface area contributed by atoms with Gasteiger partial charge in [-0.15, -0.1) is 0 Å². The van der Waals surface area contributed by atoms with Gasteiger partial charge in [-0.25, -0.2) is 0 Å². The van der Waals surface area contributed by atoms with Gasteiger partial charge in [0.15, 0.2) is 6.23 Å². The van der Waals surface area contributed by atoms with Gasteiger partial charge in [-0.05, 0) is 29.6 Å². The number of benzene rings is 1. The Kier molecular flexibility index (Phi) is 5.58. The summed E-state index contributed by atoms with van der Waals surface area (Å²) in [4.78, 5) is 6.20. The Bertz CT molecular complexity index is 657.